The number of hydrogen-bond acceptors (Lipinski definition) is 5. The van der Waals surface area contributed by atoms with Gasteiger partial charge in [0.25, 0.3) is 0 Å². The number of hydrogen-bond donors (Lipinski definition) is 3. The molecule has 0 saturated carbocycles. The van der Waals surface area contributed by atoms with E-state index in [1.807, 2.05) is 11.8 Å². The van der Waals surface area contributed by atoms with Crippen molar-refractivity contribution in [2.45, 2.75) is 51.6 Å². The highest BCUT2D eigenvalue weighted by Gasteiger charge is 2.19. The maximum Gasteiger partial charge on any atom is 0.222 e. The molecule has 0 spiro atoms. The van der Waals surface area contributed by atoms with Crippen LogP contribution in [0.3, 0.4) is 0 Å². The van der Waals surface area contributed by atoms with Crippen molar-refractivity contribution in [2.24, 2.45) is 4.99 Å². The summed E-state index contributed by atoms with van der Waals surface area (Å²) in [6.45, 7) is 6.14. The van der Waals surface area contributed by atoms with Crippen molar-refractivity contribution in [1.29, 1.82) is 0 Å². The summed E-state index contributed by atoms with van der Waals surface area (Å²) < 4.78 is 32.5. The number of aliphatic imine (C=N–C) groups is 1. The molecule has 11 heteroatoms. The van der Waals surface area contributed by atoms with Crippen LogP contribution in [0.4, 0.5) is 0 Å². The Bertz CT molecular complexity index is 611. The highest BCUT2D eigenvalue weighted by Crippen LogP contribution is 2.12. The quantitative estimate of drug-likeness (QED) is 0.152. The van der Waals surface area contributed by atoms with E-state index >= 15 is 0 Å². The first-order valence-corrected chi connectivity index (χ1v) is 12.0. The normalized spacial score (nSPS) is 20.4. The molecule has 2 heterocycles. The van der Waals surface area contributed by atoms with Crippen molar-refractivity contribution in [3.05, 3.63) is 0 Å². The summed E-state index contributed by atoms with van der Waals surface area (Å²) in [4.78, 5) is 17.9. The van der Waals surface area contributed by atoms with Gasteiger partial charge in [-0.15, -0.1) is 24.0 Å². The standard InChI is InChI=1S/C18H35N5O4S.HI/c1-2-19-18(20-9-6-12-23-11-5-8-17(23)24)21-10-14-28(25,26)22-15-16-7-3-4-13-27-16;/h16,22H,2-15H2,1H3,(H2,19,20,21);1H. The minimum absolute atomic E-state index is 0. The summed E-state index contributed by atoms with van der Waals surface area (Å²) in [6, 6.07) is 0. The lowest BCUT2D eigenvalue weighted by molar-refractivity contribution is -0.127. The Morgan fingerprint density at radius 3 is 2.76 bits per heavy atom. The number of ether oxygens (including phenoxy) is 1. The second-order valence-corrected chi connectivity index (χ2v) is 9.11. The molecule has 1 unspecified atom stereocenters. The predicted octanol–water partition coefficient (Wildman–Crippen LogP) is 0.661. The van der Waals surface area contributed by atoms with Crippen LogP contribution in [0, 0.1) is 0 Å². The second-order valence-electron chi connectivity index (χ2n) is 7.18. The molecule has 0 aromatic carbocycles. The molecule has 9 nitrogen and oxygen atoms in total. The summed E-state index contributed by atoms with van der Waals surface area (Å²) in [5.74, 6) is 0.804. The van der Waals surface area contributed by atoms with Crippen molar-refractivity contribution in [3.8, 4) is 0 Å². The van der Waals surface area contributed by atoms with Gasteiger partial charge < -0.3 is 20.3 Å². The van der Waals surface area contributed by atoms with Crippen LogP contribution in [0.1, 0.15) is 45.4 Å². The average molecular weight is 545 g/mol. The second kappa shape index (κ2) is 14.4. The van der Waals surface area contributed by atoms with Crippen LogP contribution in [-0.2, 0) is 19.6 Å². The molecule has 0 aromatic rings. The Labute approximate surface area is 191 Å². The van der Waals surface area contributed by atoms with Crippen LogP contribution >= 0.6 is 24.0 Å². The largest absolute Gasteiger partial charge is 0.377 e. The van der Waals surface area contributed by atoms with E-state index in [1.54, 1.807) is 0 Å². The summed E-state index contributed by atoms with van der Waals surface area (Å²) in [7, 11) is -3.35. The lowest BCUT2D eigenvalue weighted by Gasteiger charge is -2.22. The third-order valence-corrected chi connectivity index (χ3v) is 6.19. The van der Waals surface area contributed by atoms with E-state index in [0.29, 0.717) is 38.6 Å². The van der Waals surface area contributed by atoms with Gasteiger partial charge in [0, 0.05) is 52.3 Å². The molecule has 0 aromatic heterocycles. The molecule has 170 valence electrons. The molecular formula is C18H36IN5O4S. The molecule has 1 atom stereocenters. The van der Waals surface area contributed by atoms with E-state index < -0.39 is 10.0 Å². The number of carbonyl (C=O) groups excluding carboxylic acids is 1. The van der Waals surface area contributed by atoms with Crippen LogP contribution in [0.15, 0.2) is 4.99 Å². The van der Waals surface area contributed by atoms with Gasteiger partial charge in [0.15, 0.2) is 5.96 Å². The predicted molar refractivity (Wildman–Crippen MR) is 125 cm³/mol. The van der Waals surface area contributed by atoms with Gasteiger partial charge in [0.1, 0.15) is 0 Å². The maximum absolute atomic E-state index is 12.1. The number of nitrogens with zero attached hydrogens (tertiary/aromatic N) is 2. The Balaban J connectivity index is 0.00000420. The van der Waals surface area contributed by atoms with Gasteiger partial charge in [-0.2, -0.15) is 0 Å². The number of halogens is 1. The molecular weight excluding hydrogens is 509 g/mol. The van der Waals surface area contributed by atoms with Gasteiger partial charge in [-0.1, -0.05) is 0 Å². The highest BCUT2D eigenvalue weighted by atomic mass is 127. The van der Waals surface area contributed by atoms with E-state index in [4.69, 9.17) is 4.74 Å². The van der Waals surface area contributed by atoms with Crippen molar-refractivity contribution in [2.75, 3.05) is 51.6 Å². The topological polar surface area (TPSA) is 112 Å². The summed E-state index contributed by atoms with van der Waals surface area (Å²) in [5.41, 5.74) is 0. The third-order valence-electron chi connectivity index (χ3n) is 4.84. The first-order chi connectivity index (χ1) is 13.5. The molecule has 0 bridgehead atoms. The molecule has 2 saturated heterocycles. The molecule has 29 heavy (non-hydrogen) atoms. The fourth-order valence-corrected chi connectivity index (χ4v) is 4.25. The van der Waals surface area contributed by atoms with Gasteiger partial charge in [0.05, 0.1) is 11.9 Å². The monoisotopic (exact) mass is 545 g/mol. The van der Waals surface area contributed by atoms with E-state index in [1.165, 1.54) is 0 Å². The van der Waals surface area contributed by atoms with Gasteiger partial charge in [-0.05, 0) is 39.0 Å². The Kier molecular flexibility index (Phi) is 13.1. The molecule has 0 radical (unpaired) electrons. The van der Waals surface area contributed by atoms with Gasteiger partial charge in [-0.3, -0.25) is 9.79 Å². The van der Waals surface area contributed by atoms with E-state index in [9.17, 15) is 13.2 Å². The average Bonchev–Trinajstić information content (AvgIpc) is 3.09. The van der Waals surface area contributed by atoms with Gasteiger partial charge >= 0.3 is 0 Å². The number of carbonyl (C=O) groups is 1. The fraction of sp³-hybridized carbons (Fsp3) is 0.889. The van der Waals surface area contributed by atoms with Crippen LogP contribution in [0.5, 0.6) is 0 Å². The molecule has 1 amide bonds. The maximum atomic E-state index is 12.1. The summed E-state index contributed by atoms with van der Waals surface area (Å²) in [5, 5.41) is 6.17. The zero-order chi connectivity index (χ0) is 20.2. The molecule has 2 aliphatic rings. The number of rotatable bonds is 11. The number of amides is 1. The fourth-order valence-electron chi connectivity index (χ4n) is 3.30. The Hall–Kier alpha value is -0.660. The van der Waals surface area contributed by atoms with Crippen LogP contribution in [0.25, 0.3) is 0 Å². The first kappa shape index (κ1) is 26.4. The van der Waals surface area contributed by atoms with Crippen molar-refractivity contribution < 1.29 is 17.9 Å². The SMILES string of the molecule is CCNC(=NCCCN1CCCC1=O)NCCS(=O)(=O)NCC1CCCCO1.I. The minimum atomic E-state index is -3.35. The molecule has 2 rings (SSSR count). The Morgan fingerprint density at radius 2 is 2.10 bits per heavy atom. The Morgan fingerprint density at radius 1 is 1.28 bits per heavy atom. The molecule has 2 fully saturated rings. The number of sulfonamides is 1. The summed E-state index contributed by atoms with van der Waals surface area (Å²) >= 11 is 0. The lowest BCUT2D eigenvalue weighted by atomic mass is 10.1. The number of guanidine groups is 1. The van der Waals surface area contributed by atoms with E-state index in [0.717, 1.165) is 45.2 Å². The smallest absolute Gasteiger partial charge is 0.222 e. The zero-order valence-electron chi connectivity index (χ0n) is 17.3. The van der Waals surface area contributed by atoms with Crippen molar-refractivity contribution in [1.82, 2.24) is 20.3 Å². The lowest BCUT2D eigenvalue weighted by Crippen LogP contribution is -2.42. The zero-order valence-corrected chi connectivity index (χ0v) is 20.5. The molecule has 0 aliphatic carbocycles. The van der Waals surface area contributed by atoms with Crippen molar-refractivity contribution >= 4 is 45.9 Å². The number of likely N-dealkylation sites (tertiary alicyclic amines) is 1. The molecule has 2 aliphatic heterocycles. The van der Waals surface area contributed by atoms with Gasteiger partial charge in [-0.25, -0.2) is 13.1 Å². The van der Waals surface area contributed by atoms with Crippen LogP contribution in [0.2, 0.25) is 0 Å². The number of nitrogens with one attached hydrogen (secondary N) is 3. The van der Waals surface area contributed by atoms with E-state index in [-0.39, 0.29) is 48.3 Å². The van der Waals surface area contributed by atoms with Gasteiger partial charge in [0.2, 0.25) is 15.9 Å². The first-order valence-electron chi connectivity index (χ1n) is 10.4. The van der Waals surface area contributed by atoms with Crippen LogP contribution < -0.4 is 15.4 Å². The highest BCUT2D eigenvalue weighted by molar-refractivity contribution is 14.0. The molecule has 3 N–H and O–H groups in total. The summed E-state index contributed by atoms with van der Waals surface area (Å²) in [6.07, 6.45) is 5.42. The van der Waals surface area contributed by atoms with E-state index in [2.05, 4.69) is 20.3 Å². The van der Waals surface area contributed by atoms with Crippen molar-refractivity contribution in [3.63, 3.8) is 0 Å². The minimum Gasteiger partial charge on any atom is -0.377 e. The third kappa shape index (κ3) is 10.8. The van der Waals surface area contributed by atoms with Crippen LogP contribution in [-0.4, -0.2) is 82.9 Å².